The number of hydrogen-bond donors (Lipinski definition) is 0. The smallest absolute Gasteiger partial charge is 0.160 e. The van der Waals surface area contributed by atoms with Crippen molar-refractivity contribution in [3.63, 3.8) is 0 Å². The molecule has 0 aromatic carbocycles. The Morgan fingerprint density at radius 2 is 2.04 bits per heavy atom. The van der Waals surface area contributed by atoms with Crippen molar-refractivity contribution in [3.8, 4) is 5.69 Å². The molecule has 5 rings (SSSR count). The first-order chi connectivity index (χ1) is 12.8. The molecule has 2 aliphatic rings. The summed E-state index contributed by atoms with van der Waals surface area (Å²) in [5.74, 6) is 0. The quantitative estimate of drug-likeness (QED) is 0.711. The molecule has 3 atom stereocenters. The maximum Gasteiger partial charge on any atom is 0.160 e. The maximum absolute atomic E-state index is 5.06. The Morgan fingerprint density at radius 1 is 1.08 bits per heavy atom. The molecule has 0 bridgehead atoms. The van der Waals surface area contributed by atoms with Gasteiger partial charge in [0.15, 0.2) is 5.17 Å². The summed E-state index contributed by atoms with van der Waals surface area (Å²) in [7, 11) is 0. The molecule has 0 amide bonds. The molecule has 0 saturated carbocycles. The van der Waals surface area contributed by atoms with Crippen molar-refractivity contribution < 1.29 is 0 Å². The number of thioether (sulfide) groups is 1. The van der Waals surface area contributed by atoms with Crippen LogP contribution in [-0.2, 0) is 0 Å². The van der Waals surface area contributed by atoms with E-state index in [0.717, 1.165) is 23.1 Å². The number of amidine groups is 1. The Morgan fingerprint density at radius 3 is 2.85 bits per heavy atom. The first-order valence-corrected chi connectivity index (χ1v) is 9.69. The van der Waals surface area contributed by atoms with Crippen LogP contribution in [-0.4, -0.2) is 36.4 Å². The molecule has 0 N–H and O–H groups in total. The first kappa shape index (κ1) is 15.6. The molecule has 3 aromatic heterocycles. The standard InChI is InChI=1S/C20H19N5S/c1-14-13-25-19(17-8-5-11-24(17)15-6-4-9-21-12-15)18(23-20(25)26-14)16-7-2-3-10-22-16/h2-12,14,18-19H,13H2,1H3/t14-,18+,19-/m0/s1. The highest BCUT2D eigenvalue weighted by Crippen LogP contribution is 2.47. The fraction of sp³-hybridized carbons (Fsp3) is 0.250. The van der Waals surface area contributed by atoms with Crippen LogP contribution < -0.4 is 0 Å². The van der Waals surface area contributed by atoms with Gasteiger partial charge in [0.2, 0.25) is 0 Å². The Balaban J connectivity index is 1.62. The average molecular weight is 361 g/mol. The molecule has 0 radical (unpaired) electrons. The van der Waals surface area contributed by atoms with Crippen LogP contribution in [0, 0.1) is 0 Å². The van der Waals surface area contributed by atoms with Crippen molar-refractivity contribution in [2.24, 2.45) is 4.99 Å². The third kappa shape index (κ3) is 2.52. The van der Waals surface area contributed by atoms with Crippen LogP contribution in [0.25, 0.3) is 5.69 Å². The molecule has 5 nitrogen and oxygen atoms in total. The number of rotatable bonds is 3. The van der Waals surface area contributed by atoms with Crippen molar-refractivity contribution in [1.29, 1.82) is 0 Å². The second-order valence-corrected chi connectivity index (χ2v) is 8.06. The van der Waals surface area contributed by atoms with Gasteiger partial charge < -0.3 is 9.47 Å². The van der Waals surface area contributed by atoms with Crippen molar-refractivity contribution in [1.82, 2.24) is 19.4 Å². The van der Waals surface area contributed by atoms with Crippen molar-refractivity contribution >= 4 is 16.9 Å². The van der Waals surface area contributed by atoms with Crippen LogP contribution in [0.5, 0.6) is 0 Å². The number of pyridine rings is 2. The van der Waals surface area contributed by atoms with Crippen LogP contribution in [0.2, 0.25) is 0 Å². The lowest BCUT2D eigenvalue weighted by Crippen LogP contribution is -2.30. The molecular formula is C20H19N5S. The van der Waals surface area contributed by atoms with Gasteiger partial charge in [-0.15, -0.1) is 0 Å². The van der Waals surface area contributed by atoms with Gasteiger partial charge in [0.25, 0.3) is 0 Å². The van der Waals surface area contributed by atoms with E-state index >= 15 is 0 Å². The minimum Gasteiger partial charge on any atom is -0.339 e. The molecule has 0 unspecified atom stereocenters. The summed E-state index contributed by atoms with van der Waals surface area (Å²) in [5, 5.41) is 1.69. The molecule has 26 heavy (non-hydrogen) atoms. The van der Waals surface area contributed by atoms with E-state index in [1.807, 2.05) is 42.4 Å². The summed E-state index contributed by atoms with van der Waals surface area (Å²) < 4.78 is 2.22. The Kier molecular flexibility index (Phi) is 3.78. The van der Waals surface area contributed by atoms with E-state index in [9.17, 15) is 0 Å². The zero-order valence-electron chi connectivity index (χ0n) is 14.4. The molecule has 3 aromatic rings. The largest absolute Gasteiger partial charge is 0.339 e. The van der Waals surface area contributed by atoms with Gasteiger partial charge in [-0.2, -0.15) is 0 Å². The van der Waals surface area contributed by atoms with Crippen molar-refractivity contribution in [2.75, 3.05) is 6.54 Å². The molecule has 0 spiro atoms. The summed E-state index contributed by atoms with van der Waals surface area (Å²) in [6, 6.07) is 14.6. The zero-order chi connectivity index (χ0) is 17.5. The molecule has 6 heteroatoms. The predicted octanol–water partition coefficient (Wildman–Crippen LogP) is 3.86. The highest BCUT2D eigenvalue weighted by Gasteiger charge is 2.44. The van der Waals surface area contributed by atoms with Crippen LogP contribution in [0.4, 0.5) is 0 Å². The van der Waals surface area contributed by atoms with Crippen molar-refractivity contribution in [3.05, 3.63) is 78.6 Å². The summed E-state index contributed by atoms with van der Waals surface area (Å²) in [6.45, 7) is 3.27. The third-order valence-electron chi connectivity index (χ3n) is 4.89. The molecule has 1 fully saturated rings. The van der Waals surface area contributed by atoms with Gasteiger partial charge in [0.1, 0.15) is 6.04 Å². The Hall–Kier alpha value is -2.60. The molecular weight excluding hydrogens is 342 g/mol. The van der Waals surface area contributed by atoms with Crippen molar-refractivity contribution in [2.45, 2.75) is 24.3 Å². The monoisotopic (exact) mass is 361 g/mol. The fourth-order valence-corrected chi connectivity index (χ4v) is 4.90. The van der Waals surface area contributed by atoms with Crippen LogP contribution in [0.1, 0.15) is 30.4 Å². The number of fused-ring (bicyclic) bond motifs is 1. The number of aliphatic imine (C=N–C) groups is 1. The zero-order valence-corrected chi connectivity index (χ0v) is 15.3. The second-order valence-electron chi connectivity index (χ2n) is 6.65. The van der Waals surface area contributed by atoms with E-state index in [2.05, 4.69) is 56.8 Å². The topological polar surface area (TPSA) is 46.3 Å². The lowest BCUT2D eigenvalue weighted by atomic mass is 10.0. The number of nitrogens with zero attached hydrogens (tertiary/aromatic N) is 5. The molecule has 0 aliphatic carbocycles. The van der Waals surface area contributed by atoms with Crippen LogP contribution in [0.3, 0.4) is 0 Å². The van der Waals surface area contributed by atoms with Gasteiger partial charge in [-0.25, -0.2) is 0 Å². The summed E-state index contributed by atoms with van der Waals surface area (Å²) in [5.41, 5.74) is 3.31. The lowest BCUT2D eigenvalue weighted by Gasteiger charge is -2.28. The van der Waals surface area contributed by atoms with E-state index < -0.39 is 0 Å². The SMILES string of the molecule is C[C@H]1CN2C(=N[C@H](c3ccccn3)[C@@H]2c2cccn2-c2cccnc2)S1. The second kappa shape index (κ2) is 6.29. The maximum atomic E-state index is 5.06. The van der Waals surface area contributed by atoms with E-state index in [1.165, 1.54) is 5.69 Å². The third-order valence-corrected chi connectivity index (χ3v) is 5.99. The van der Waals surface area contributed by atoms with Crippen LogP contribution >= 0.6 is 11.8 Å². The average Bonchev–Trinajstić information content (AvgIpc) is 3.37. The predicted molar refractivity (Wildman–Crippen MR) is 104 cm³/mol. The summed E-state index contributed by atoms with van der Waals surface area (Å²) >= 11 is 1.86. The van der Waals surface area contributed by atoms with Gasteiger partial charge in [-0.1, -0.05) is 24.8 Å². The van der Waals surface area contributed by atoms with Crippen LogP contribution in [0.15, 0.2) is 72.2 Å². The molecule has 5 heterocycles. The minimum absolute atomic E-state index is 0.0107. The highest BCUT2D eigenvalue weighted by atomic mass is 32.2. The first-order valence-electron chi connectivity index (χ1n) is 8.81. The van der Waals surface area contributed by atoms with E-state index in [-0.39, 0.29) is 12.1 Å². The molecule has 130 valence electrons. The molecule has 2 aliphatic heterocycles. The van der Waals surface area contributed by atoms with Gasteiger partial charge in [0, 0.05) is 36.1 Å². The van der Waals surface area contributed by atoms with E-state index in [1.54, 1.807) is 6.20 Å². The Bertz CT molecular complexity index is 937. The van der Waals surface area contributed by atoms with Gasteiger partial charge in [-0.3, -0.25) is 15.0 Å². The van der Waals surface area contributed by atoms with Gasteiger partial charge >= 0.3 is 0 Å². The highest BCUT2D eigenvalue weighted by molar-refractivity contribution is 8.14. The van der Waals surface area contributed by atoms with E-state index in [0.29, 0.717) is 5.25 Å². The van der Waals surface area contributed by atoms with Gasteiger partial charge in [0.05, 0.1) is 23.6 Å². The Labute approximate surface area is 156 Å². The van der Waals surface area contributed by atoms with E-state index in [4.69, 9.17) is 4.99 Å². The van der Waals surface area contributed by atoms with Gasteiger partial charge in [-0.05, 0) is 36.4 Å². The fourth-order valence-electron chi connectivity index (χ4n) is 3.80. The minimum atomic E-state index is 0.0107. The number of hydrogen-bond acceptors (Lipinski definition) is 5. The molecule has 1 saturated heterocycles. The lowest BCUT2D eigenvalue weighted by molar-refractivity contribution is 0.312. The summed E-state index contributed by atoms with van der Waals surface area (Å²) in [6.07, 6.45) is 7.66. The normalized spacial score (nSPS) is 24.6. The summed E-state index contributed by atoms with van der Waals surface area (Å²) in [4.78, 5) is 16.4. The number of aromatic nitrogens is 3.